The van der Waals surface area contributed by atoms with Crippen molar-refractivity contribution in [2.75, 3.05) is 4.90 Å². The average molecular weight is 592 g/mol. The Morgan fingerprint density at radius 2 is 1.20 bits per heavy atom. The van der Waals surface area contributed by atoms with Gasteiger partial charge in [0.25, 0.3) is 0 Å². The molecule has 0 bridgehead atoms. The van der Waals surface area contributed by atoms with E-state index in [2.05, 4.69) is 157 Å². The number of para-hydroxylation sites is 2. The third-order valence-corrected chi connectivity index (χ3v) is 9.62. The van der Waals surface area contributed by atoms with Crippen molar-refractivity contribution in [1.29, 1.82) is 0 Å². The fourth-order valence-corrected chi connectivity index (χ4v) is 7.42. The van der Waals surface area contributed by atoms with Gasteiger partial charge in [-0.15, -0.1) is 0 Å². The Kier molecular flexibility index (Phi) is 6.45. The van der Waals surface area contributed by atoms with Gasteiger partial charge in [-0.3, -0.25) is 0 Å². The lowest BCUT2D eigenvalue weighted by molar-refractivity contribution is 0.670. The number of allylic oxidation sites excluding steroid dienone is 2. The van der Waals surface area contributed by atoms with E-state index in [-0.39, 0.29) is 0 Å². The normalized spacial score (nSPS) is 13.6. The second kappa shape index (κ2) is 11.1. The molecule has 2 heteroatoms. The van der Waals surface area contributed by atoms with Gasteiger partial charge in [-0.25, -0.2) is 0 Å². The molecule has 6 aromatic carbocycles. The van der Waals surface area contributed by atoms with Gasteiger partial charge in [-0.1, -0.05) is 127 Å². The number of anilines is 3. The molecule has 46 heavy (non-hydrogen) atoms. The molecule has 7 aromatic rings. The molecule has 2 nitrogen and oxygen atoms in total. The topological polar surface area (TPSA) is 16.4 Å². The smallest absolute Gasteiger partial charge is 0.159 e. The summed E-state index contributed by atoms with van der Waals surface area (Å²) < 4.78 is 6.93. The van der Waals surface area contributed by atoms with Crippen LogP contribution in [-0.2, 0) is 12.8 Å². The van der Waals surface area contributed by atoms with Crippen molar-refractivity contribution >= 4 is 51.2 Å². The average Bonchev–Trinajstić information content (AvgIpc) is 3.52. The third-order valence-electron chi connectivity index (χ3n) is 9.62. The van der Waals surface area contributed by atoms with Crippen LogP contribution in [0.4, 0.5) is 17.1 Å². The largest absolute Gasteiger partial charge is 0.453 e. The highest BCUT2D eigenvalue weighted by atomic mass is 16.3. The minimum Gasteiger partial charge on any atom is -0.453 e. The molecule has 1 heterocycles. The SMILES string of the molecule is C1=Cc2c(cccc2N(c2ccc(-c3cccc4c3CCC=C4)cc2)c2cccc3c2oc2c(-c4ccccc4)cccc23)CC1. The van der Waals surface area contributed by atoms with Gasteiger partial charge in [-0.05, 0) is 83.3 Å². The number of hydrogen-bond donors (Lipinski definition) is 0. The van der Waals surface area contributed by atoms with E-state index in [0.717, 1.165) is 70.1 Å². The number of fused-ring (bicyclic) bond motifs is 5. The van der Waals surface area contributed by atoms with Crippen LogP contribution in [0.25, 0.3) is 56.3 Å². The van der Waals surface area contributed by atoms with Crippen molar-refractivity contribution in [3.8, 4) is 22.3 Å². The maximum atomic E-state index is 6.93. The zero-order valence-corrected chi connectivity index (χ0v) is 25.6. The molecule has 0 aliphatic heterocycles. The maximum Gasteiger partial charge on any atom is 0.159 e. The number of nitrogens with zero attached hydrogens (tertiary/aromatic N) is 1. The molecule has 0 radical (unpaired) electrons. The predicted octanol–water partition coefficient (Wildman–Crippen LogP) is 12.3. The van der Waals surface area contributed by atoms with Crippen LogP contribution in [-0.4, -0.2) is 0 Å². The summed E-state index contributed by atoms with van der Waals surface area (Å²) in [6.45, 7) is 0. The number of aryl methyl sites for hydroxylation is 1. The third kappa shape index (κ3) is 4.41. The summed E-state index contributed by atoms with van der Waals surface area (Å²) in [5.74, 6) is 0. The van der Waals surface area contributed by atoms with Crippen molar-refractivity contribution in [3.63, 3.8) is 0 Å². The van der Waals surface area contributed by atoms with Gasteiger partial charge >= 0.3 is 0 Å². The zero-order valence-electron chi connectivity index (χ0n) is 25.6. The molecule has 9 rings (SSSR count). The van der Waals surface area contributed by atoms with Crippen LogP contribution in [0.3, 0.4) is 0 Å². The molecular weight excluding hydrogens is 558 g/mol. The Hall–Kier alpha value is -5.60. The Balaban J connectivity index is 1.25. The van der Waals surface area contributed by atoms with Gasteiger partial charge in [0.05, 0.1) is 11.4 Å². The number of benzene rings is 6. The molecule has 220 valence electrons. The summed E-state index contributed by atoms with van der Waals surface area (Å²) in [6.07, 6.45) is 13.4. The molecule has 0 saturated heterocycles. The molecule has 0 spiro atoms. The van der Waals surface area contributed by atoms with E-state index in [4.69, 9.17) is 4.42 Å². The summed E-state index contributed by atoms with van der Waals surface area (Å²) in [6, 6.07) is 46.1. The molecule has 0 fully saturated rings. The van der Waals surface area contributed by atoms with E-state index in [9.17, 15) is 0 Å². The lowest BCUT2D eigenvalue weighted by Gasteiger charge is -2.29. The van der Waals surface area contributed by atoms with E-state index in [1.54, 1.807) is 0 Å². The molecule has 0 atom stereocenters. The summed E-state index contributed by atoms with van der Waals surface area (Å²) in [5.41, 5.74) is 15.4. The summed E-state index contributed by atoms with van der Waals surface area (Å²) >= 11 is 0. The van der Waals surface area contributed by atoms with Crippen LogP contribution in [0.1, 0.15) is 35.1 Å². The van der Waals surface area contributed by atoms with Crippen LogP contribution in [0.15, 0.2) is 144 Å². The first-order chi connectivity index (χ1) is 22.8. The second-order valence-corrected chi connectivity index (χ2v) is 12.3. The van der Waals surface area contributed by atoms with Crippen LogP contribution in [0.2, 0.25) is 0 Å². The van der Waals surface area contributed by atoms with Crippen LogP contribution in [0.5, 0.6) is 0 Å². The number of rotatable bonds is 5. The Bertz CT molecular complexity index is 2300. The molecule has 2 aliphatic rings. The molecule has 0 amide bonds. The van der Waals surface area contributed by atoms with Crippen molar-refractivity contribution in [3.05, 3.63) is 162 Å². The van der Waals surface area contributed by atoms with E-state index in [1.807, 2.05) is 0 Å². The van der Waals surface area contributed by atoms with Gasteiger partial charge in [0.2, 0.25) is 0 Å². The number of furan rings is 1. The quantitative estimate of drug-likeness (QED) is 0.198. The maximum absolute atomic E-state index is 6.93. The summed E-state index contributed by atoms with van der Waals surface area (Å²) in [4.78, 5) is 2.40. The highest BCUT2D eigenvalue weighted by Gasteiger charge is 2.23. The van der Waals surface area contributed by atoms with Gasteiger partial charge in [0, 0.05) is 27.6 Å². The minimum absolute atomic E-state index is 0.895. The highest BCUT2D eigenvalue weighted by molar-refractivity contribution is 6.13. The van der Waals surface area contributed by atoms with Crippen LogP contribution < -0.4 is 4.90 Å². The van der Waals surface area contributed by atoms with E-state index in [0.29, 0.717) is 0 Å². The van der Waals surface area contributed by atoms with E-state index >= 15 is 0 Å². The highest BCUT2D eigenvalue weighted by Crippen LogP contribution is 2.46. The van der Waals surface area contributed by atoms with Gasteiger partial charge in [-0.2, -0.15) is 0 Å². The first-order valence-electron chi connectivity index (χ1n) is 16.3. The second-order valence-electron chi connectivity index (χ2n) is 12.3. The summed E-state index contributed by atoms with van der Waals surface area (Å²) in [7, 11) is 0. The van der Waals surface area contributed by atoms with E-state index in [1.165, 1.54) is 39.1 Å². The molecule has 1 aromatic heterocycles. The van der Waals surface area contributed by atoms with Gasteiger partial charge in [0.15, 0.2) is 5.58 Å². The Labute approximate surface area is 269 Å². The van der Waals surface area contributed by atoms with Crippen LogP contribution >= 0.6 is 0 Å². The Morgan fingerprint density at radius 1 is 0.500 bits per heavy atom. The molecule has 0 N–H and O–H groups in total. The predicted molar refractivity (Wildman–Crippen MR) is 194 cm³/mol. The van der Waals surface area contributed by atoms with Gasteiger partial charge < -0.3 is 9.32 Å². The van der Waals surface area contributed by atoms with Crippen molar-refractivity contribution in [2.45, 2.75) is 25.7 Å². The Morgan fingerprint density at radius 3 is 2.09 bits per heavy atom. The monoisotopic (exact) mass is 591 g/mol. The fraction of sp³-hybridized carbons (Fsp3) is 0.0909. The standard InChI is InChI=1S/C44H33NO/c1-2-12-32(13-3-1)38-21-10-22-39-40-23-11-25-42(44(40)46-43(38)39)45(41-24-9-17-31-15-5-7-19-37(31)41)34-28-26-33(27-29-34)36-20-8-16-30-14-4-6-18-35(30)36/h1-4,7-14,16-17,19-29H,5-6,15,18H2. The first-order valence-corrected chi connectivity index (χ1v) is 16.3. The van der Waals surface area contributed by atoms with Crippen molar-refractivity contribution in [2.24, 2.45) is 0 Å². The van der Waals surface area contributed by atoms with Crippen LogP contribution in [0, 0.1) is 0 Å². The lowest BCUT2D eigenvalue weighted by Crippen LogP contribution is -2.13. The molecule has 0 saturated carbocycles. The molecular formula is C44H33NO. The van der Waals surface area contributed by atoms with Gasteiger partial charge in [0.1, 0.15) is 5.58 Å². The number of hydrogen-bond acceptors (Lipinski definition) is 2. The lowest BCUT2D eigenvalue weighted by atomic mass is 9.89. The van der Waals surface area contributed by atoms with Crippen molar-refractivity contribution < 1.29 is 4.42 Å². The minimum atomic E-state index is 0.895. The summed E-state index contributed by atoms with van der Waals surface area (Å²) in [5, 5.41) is 2.25. The molecule has 2 aliphatic carbocycles. The van der Waals surface area contributed by atoms with E-state index < -0.39 is 0 Å². The fourth-order valence-electron chi connectivity index (χ4n) is 7.42. The zero-order chi connectivity index (χ0) is 30.5. The van der Waals surface area contributed by atoms with Crippen molar-refractivity contribution in [1.82, 2.24) is 0 Å². The first kappa shape index (κ1) is 26.8. The molecule has 0 unspecified atom stereocenters.